The van der Waals surface area contributed by atoms with E-state index in [0.29, 0.717) is 22.1 Å². The molecule has 1 N–H and O–H groups in total. The van der Waals surface area contributed by atoms with Gasteiger partial charge in [-0.3, -0.25) is 4.79 Å². The van der Waals surface area contributed by atoms with Crippen LogP contribution in [0.5, 0.6) is 0 Å². The van der Waals surface area contributed by atoms with Gasteiger partial charge in [-0.2, -0.15) is 5.10 Å². The summed E-state index contributed by atoms with van der Waals surface area (Å²) in [7, 11) is 0. The molecule has 0 aliphatic rings. The number of nitrogens with zero attached hydrogens (tertiary/aromatic N) is 3. The summed E-state index contributed by atoms with van der Waals surface area (Å²) in [6.07, 6.45) is 2.92. The fraction of sp³-hybridized carbons (Fsp3) is 0.0625. The number of aromatic nitrogens is 3. The van der Waals surface area contributed by atoms with Crippen molar-refractivity contribution in [3.8, 4) is 0 Å². The number of carbonyl (C=O) groups is 1. The van der Waals surface area contributed by atoms with Crippen molar-refractivity contribution in [2.24, 2.45) is 0 Å². The molecule has 0 aliphatic carbocycles. The van der Waals surface area contributed by atoms with Crippen LogP contribution in [0.4, 0.5) is 10.2 Å². The number of pyridine rings is 1. The summed E-state index contributed by atoms with van der Waals surface area (Å²) in [6, 6.07) is 11.2. The lowest BCUT2D eigenvalue weighted by Crippen LogP contribution is -2.16. The van der Waals surface area contributed by atoms with E-state index in [1.807, 2.05) is 0 Å². The summed E-state index contributed by atoms with van der Waals surface area (Å²) in [4.78, 5) is 16.0. The highest BCUT2D eigenvalue weighted by molar-refractivity contribution is 6.29. The maximum atomic E-state index is 13.7. The summed E-state index contributed by atoms with van der Waals surface area (Å²) in [5.74, 6) is -0.195. The first-order valence-corrected chi connectivity index (χ1v) is 7.19. The zero-order valence-electron chi connectivity index (χ0n) is 11.9. The zero-order chi connectivity index (χ0) is 16.2. The molecule has 1 amide bonds. The van der Waals surface area contributed by atoms with Crippen molar-refractivity contribution in [3.05, 3.63) is 77.0 Å². The maximum absolute atomic E-state index is 13.7. The molecule has 0 atom stereocenters. The molecule has 0 fully saturated rings. The fourth-order valence-corrected chi connectivity index (χ4v) is 2.16. The number of anilines is 1. The molecule has 0 unspecified atom stereocenters. The average molecular weight is 331 g/mol. The predicted octanol–water partition coefficient (Wildman–Crippen LogP) is 3.37. The van der Waals surface area contributed by atoms with E-state index in [9.17, 15) is 9.18 Å². The molecule has 1 aromatic carbocycles. The lowest BCUT2D eigenvalue weighted by atomic mass is 10.2. The van der Waals surface area contributed by atoms with Crippen LogP contribution in [0.3, 0.4) is 0 Å². The molecule has 0 saturated carbocycles. The molecular weight excluding hydrogens is 319 g/mol. The van der Waals surface area contributed by atoms with Gasteiger partial charge in [0.2, 0.25) is 0 Å². The Balaban J connectivity index is 1.77. The second kappa shape index (κ2) is 6.58. The SMILES string of the molecule is O=C(Nc1ccnn1Cc1ccccc1F)c1ccc(Cl)nc1. The maximum Gasteiger partial charge on any atom is 0.258 e. The van der Waals surface area contributed by atoms with Gasteiger partial charge in [0.25, 0.3) is 5.91 Å². The van der Waals surface area contributed by atoms with Gasteiger partial charge in [-0.05, 0) is 18.2 Å². The van der Waals surface area contributed by atoms with Crippen molar-refractivity contribution in [1.29, 1.82) is 0 Å². The monoisotopic (exact) mass is 330 g/mol. The second-order valence-electron chi connectivity index (χ2n) is 4.79. The van der Waals surface area contributed by atoms with Crippen LogP contribution in [0.1, 0.15) is 15.9 Å². The summed E-state index contributed by atoms with van der Waals surface area (Å²) in [5, 5.41) is 7.15. The van der Waals surface area contributed by atoms with Gasteiger partial charge in [-0.25, -0.2) is 14.1 Å². The number of hydrogen-bond acceptors (Lipinski definition) is 3. The highest BCUT2D eigenvalue weighted by Gasteiger charge is 2.11. The number of nitrogens with one attached hydrogen (secondary N) is 1. The van der Waals surface area contributed by atoms with Crippen molar-refractivity contribution in [1.82, 2.24) is 14.8 Å². The van der Waals surface area contributed by atoms with Crippen molar-refractivity contribution >= 4 is 23.3 Å². The Morgan fingerprint density at radius 3 is 2.78 bits per heavy atom. The summed E-state index contributed by atoms with van der Waals surface area (Å²) >= 11 is 5.70. The fourth-order valence-electron chi connectivity index (χ4n) is 2.05. The first kappa shape index (κ1) is 15.2. The van der Waals surface area contributed by atoms with Crippen LogP contribution in [-0.4, -0.2) is 20.7 Å². The molecule has 23 heavy (non-hydrogen) atoms. The quantitative estimate of drug-likeness (QED) is 0.746. The average Bonchev–Trinajstić information content (AvgIpc) is 2.97. The number of carbonyl (C=O) groups excluding carboxylic acids is 1. The van der Waals surface area contributed by atoms with Gasteiger partial charge in [-0.15, -0.1) is 0 Å². The lowest BCUT2D eigenvalue weighted by Gasteiger charge is -2.09. The predicted molar refractivity (Wildman–Crippen MR) is 84.9 cm³/mol. The van der Waals surface area contributed by atoms with Gasteiger partial charge < -0.3 is 5.32 Å². The van der Waals surface area contributed by atoms with E-state index in [1.54, 1.807) is 30.3 Å². The minimum absolute atomic E-state index is 0.216. The van der Waals surface area contributed by atoms with E-state index < -0.39 is 0 Å². The van der Waals surface area contributed by atoms with Gasteiger partial charge in [-0.1, -0.05) is 29.8 Å². The molecule has 3 rings (SSSR count). The van der Waals surface area contributed by atoms with E-state index in [1.165, 1.54) is 29.2 Å². The minimum atomic E-state index is -0.343. The summed E-state index contributed by atoms with van der Waals surface area (Å²) in [6.45, 7) is 0.216. The molecule has 5 nitrogen and oxygen atoms in total. The number of rotatable bonds is 4. The molecule has 0 saturated heterocycles. The molecule has 0 spiro atoms. The topological polar surface area (TPSA) is 59.8 Å². The lowest BCUT2D eigenvalue weighted by molar-refractivity contribution is 0.102. The van der Waals surface area contributed by atoms with Crippen molar-refractivity contribution in [3.63, 3.8) is 0 Å². The number of hydrogen-bond donors (Lipinski definition) is 1. The van der Waals surface area contributed by atoms with Crippen molar-refractivity contribution in [2.45, 2.75) is 6.54 Å². The van der Waals surface area contributed by atoms with Crippen molar-refractivity contribution in [2.75, 3.05) is 5.32 Å². The Morgan fingerprint density at radius 2 is 2.04 bits per heavy atom. The first-order chi connectivity index (χ1) is 11.1. The molecule has 3 aromatic rings. The minimum Gasteiger partial charge on any atom is -0.307 e. The van der Waals surface area contributed by atoms with Crippen LogP contribution in [0, 0.1) is 5.82 Å². The van der Waals surface area contributed by atoms with E-state index in [-0.39, 0.29) is 18.3 Å². The van der Waals surface area contributed by atoms with E-state index in [2.05, 4.69) is 15.4 Å². The second-order valence-corrected chi connectivity index (χ2v) is 5.18. The largest absolute Gasteiger partial charge is 0.307 e. The van der Waals surface area contributed by atoms with Gasteiger partial charge in [0.15, 0.2) is 0 Å². The van der Waals surface area contributed by atoms with Crippen molar-refractivity contribution < 1.29 is 9.18 Å². The van der Waals surface area contributed by atoms with E-state index >= 15 is 0 Å². The van der Waals surface area contributed by atoms with E-state index in [0.717, 1.165) is 0 Å². The van der Waals surface area contributed by atoms with Crippen LogP contribution >= 0.6 is 11.6 Å². The van der Waals surface area contributed by atoms with Crippen LogP contribution in [-0.2, 0) is 6.54 Å². The first-order valence-electron chi connectivity index (χ1n) is 6.81. The van der Waals surface area contributed by atoms with Gasteiger partial charge in [0, 0.05) is 17.8 Å². The highest BCUT2D eigenvalue weighted by Crippen LogP contribution is 2.14. The molecular formula is C16H12ClFN4O. The molecule has 2 heterocycles. The molecule has 0 aliphatic heterocycles. The normalized spacial score (nSPS) is 10.5. The summed E-state index contributed by atoms with van der Waals surface area (Å²) < 4.78 is 15.2. The van der Waals surface area contributed by atoms with Crippen LogP contribution in [0.25, 0.3) is 0 Å². The highest BCUT2D eigenvalue weighted by atomic mass is 35.5. The molecule has 2 aromatic heterocycles. The Bertz CT molecular complexity index is 832. The standard InChI is InChI=1S/C16H12ClFN4O/c17-14-6-5-11(9-19-14)16(23)21-15-7-8-20-22(15)10-12-3-1-2-4-13(12)18/h1-9H,10H2,(H,21,23). The molecule has 7 heteroatoms. The van der Waals surface area contributed by atoms with Crippen LogP contribution in [0.15, 0.2) is 54.9 Å². The Labute approximate surface area is 136 Å². The number of benzene rings is 1. The number of amides is 1. The van der Waals surface area contributed by atoms with Gasteiger partial charge in [0.1, 0.15) is 16.8 Å². The number of halogens is 2. The van der Waals surface area contributed by atoms with Crippen LogP contribution < -0.4 is 5.32 Å². The summed E-state index contributed by atoms with van der Waals surface area (Å²) in [5.41, 5.74) is 0.855. The van der Waals surface area contributed by atoms with E-state index in [4.69, 9.17) is 11.6 Å². The molecule has 0 radical (unpaired) electrons. The molecule has 0 bridgehead atoms. The molecule has 116 valence electrons. The smallest absolute Gasteiger partial charge is 0.258 e. The third-order valence-electron chi connectivity index (χ3n) is 3.23. The third kappa shape index (κ3) is 3.54. The third-order valence-corrected chi connectivity index (χ3v) is 3.45. The van der Waals surface area contributed by atoms with Gasteiger partial charge in [0.05, 0.1) is 18.3 Å². The Hall–Kier alpha value is -2.73. The Morgan fingerprint density at radius 1 is 1.22 bits per heavy atom. The van der Waals surface area contributed by atoms with Crippen LogP contribution in [0.2, 0.25) is 5.15 Å². The van der Waals surface area contributed by atoms with Gasteiger partial charge >= 0.3 is 0 Å². The Kier molecular flexibility index (Phi) is 4.34. The zero-order valence-corrected chi connectivity index (χ0v) is 12.7.